The Morgan fingerprint density at radius 1 is 1.59 bits per heavy atom. The first kappa shape index (κ1) is 13.4. The number of hydrogen-bond donors (Lipinski definition) is 3. The first-order valence-electron chi connectivity index (χ1n) is 5.56. The van der Waals surface area contributed by atoms with E-state index in [0.717, 1.165) is 6.42 Å². The number of hydrazine groups is 1. The zero-order chi connectivity index (χ0) is 12.5. The van der Waals surface area contributed by atoms with Crippen LogP contribution in [0.4, 0.5) is 5.82 Å². The Hall–Kier alpha value is -1.66. The van der Waals surface area contributed by atoms with Crippen molar-refractivity contribution in [2.45, 2.75) is 13.3 Å². The lowest BCUT2D eigenvalue weighted by Crippen LogP contribution is -2.25. The van der Waals surface area contributed by atoms with Crippen molar-refractivity contribution >= 4 is 11.7 Å². The van der Waals surface area contributed by atoms with Crippen LogP contribution in [0.2, 0.25) is 0 Å². The van der Waals surface area contributed by atoms with E-state index in [-0.39, 0.29) is 5.91 Å². The van der Waals surface area contributed by atoms with Crippen LogP contribution in [0.1, 0.15) is 23.7 Å². The summed E-state index contributed by atoms with van der Waals surface area (Å²) in [5.74, 6) is 5.54. The summed E-state index contributed by atoms with van der Waals surface area (Å²) in [6, 6.07) is 3.23. The minimum atomic E-state index is -0.139. The average Bonchev–Trinajstić information content (AvgIpc) is 2.38. The van der Waals surface area contributed by atoms with E-state index in [0.29, 0.717) is 31.1 Å². The Labute approximate surface area is 101 Å². The van der Waals surface area contributed by atoms with Crippen molar-refractivity contribution in [2.75, 3.05) is 25.2 Å². The number of amides is 1. The van der Waals surface area contributed by atoms with Crippen molar-refractivity contribution in [3.05, 3.63) is 23.9 Å². The average molecular weight is 238 g/mol. The van der Waals surface area contributed by atoms with Crippen LogP contribution in [0.15, 0.2) is 18.3 Å². The molecule has 1 aromatic heterocycles. The maximum Gasteiger partial charge on any atom is 0.251 e. The quantitative estimate of drug-likeness (QED) is 0.366. The van der Waals surface area contributed by atoms with Gasteiger partial charge in [0.15, 0.2) is 0 Å². The van der Waals surface area contributed by atoms with Gasteiger partial charge in [0.2, 0.25) is 0 Å². The van der Waals surface area contributed by atoms with E-state index in [1.54, 1.807) is 12.1 Å². The summed E-state index contributed by atoms with van der Waals surface area (Å²) in [5, 5.41) is 2.79. The summed E-state index contributed by atoms with van der Waals surface area (Å²) in [5.41, 5.74) is 2.93. The van der Waals surface area contributed by atoms with Gasteiger partial charge in [-0.05, 0) is 25.5 Å². The monoisotopic (exact) mass is 238 g/mol. The van der Waals surface area contributed by atoms with Crippen molar-refractivity contribution in [3.8, 4) is 0 Å². The minimum absolute atomic E-state index is 0.139. The molecule has 0 bridgehead atoms. The molecule has 1 aromatic rings. The van der Waals surface area contributed by atoms with Crippen LogP contribution in [0.5, 0.6) is 0 Å². The van der Waals surface area contributed by atoms with E-state index in [2.05, 4.69) is 15.7 Å². The number of anilines is 1. The number of nitrogens with zero attached hydrogens (tertiary/aromatic N) is 1. The molecule has 4 N–H and O–H groups in total. The van der Waals surface area contributed by atoms with Crippen molar-refractivity contribution in [3.63, 3.8) is 0 Å². The molecule has 0 aliphatic rings. The zero-order valence-electron chi connectivity index (χ0n) is 9.90. The van der Waals surface area contributed by atoms with Gasteiger partial charge in [-0.1, -0.05) is 0 Å². The Balaban J connectivity index is 2.36. The molecule has 6 nitrogen and oxygen atoms in total. The van der Waals surface area contributed by atoms with Gasteiger partial charge >= 0.3 is 0 Å². The molecule has 0 atom stereocenters. The molecule has 0 aromatic carbocycles. The highest BCUT2D eigenvalue weighted by atomic mass is 16.5. The molecule has 0 fully saturated rings. The van der Waals surface area contributed by atoms with E-state index < -0.39 is 0 Å². The third-order valence-electron chi connectivity index (χ3n) is 2.13. The molecular formula is C11H18N4O2. The van der Waals surface area contributed by atoms with Gasteiger partial charge in [-0.2, -0.15) is 0 Å². The highest BCUT2D eigenvalue weighted by Gasteiger charge is 2.05. The number of nitrogens with one attached hydrogen (secondary N) is 2. The van der Waals surface area contributed by atoms with Crippen LogP contribution in [0, 0.1) is 0 Å². The Morgan fingerprint density at radius 2 is 2.41 bits per heavy atom. The van der Waals surface area contributed by atoms with Gasteiger partial charge < -0.3 is 15.5 Å². The molecule has 0 aliphatic heterocycles. The fraction of sp³-hybridized carbons (Fsp3) is 0.455. The zero-order valence-corrected chi connectivity index (χ0v) is 9.90. The second kappa shape index (κ2) is 7.59. The number of aromatic nitrogens is 1. The van der Waals surface area contributed by atoms with Crippen LogP contribution in [0.3, 0.4) is 0 Å². The molecule has 0 unspecified atom stereocenters. The highest BCUT2D eigenvalue weighted by molar-refractivity contribution is 5.94. The first-order chi connectivity index (χ1) is 8.27. The number of rotatable bonds is 7. The predicted molar refractivity (Wildman–Crippen MR) is 65.5 cm³/mol. The molecule has 1 amide bonds. The minimum Gasteiger partial charge on any atom is -0.382 e. The molecule has 0 spiro atoms. The normalized spacial score (nSPS) is 10.0. The molecule has 0 saturated carbocycles. The van der Waals surface area contributed by atoms with Crippen LogP contribution < -0.4 is 16.6 Å². The van der Waals surface area contributed by atoms with Crippen LogP contribution in [0.25, 0.3) is 0 Å². The number of carbonyl (C=O) groups is 1. The third kappa shape index (κ3) is 4.80. The van der Waals surface area contributed by atoms with Gasteiger partial charge in [-0.25, -0.2) is 10.8 Å². The fourth-order valence-corrected chi connectivity index (χ4v) is 1.27. The highest BCUT2D eigenvalue weighted by Crippen LogP contribution is 2.04. The van der Waals surface area contributed by atoms with Gasteiger partial charge in [-0.3, -0.25) is 4.79 Å². The van der Waals surface area contributed by atoms with E-state index in [1.807, 2.05) is 6.92 Å². The van der Waals surface area contributed by atoms with Crippen molar-refractivity contribution < 1.29 is 9.53 Å². The summed E-state index contributed by atoms with van der Waals surface area (Å²) in [7, 11) is 0. The van der Waals surface area contributed by atoms with E-state index >= 15 is 0 Å². The third-order valence-corrected chi connectivity index (χ3v) is 2.13. The molecule has 1 rings (SSSR count). The number of pyridine rings is 1. The molecular weight excluding hydrogens is 220 g/mol. The number of hydrogen-bond acceptors (Lipinski definition) is 5. The molecule has 0 aliphatic carbocycles. The Kier molecular flexibility index (Phi) is 5.98. The number of nitrogen functional groups attached to an aromatic ring is 1. The largest absolute Gasteiger partial charge is 0.382 e. The maximum absolute atomic E-state index is 11.7. The molecule has 0 radical (unpaired) electrons. The van der Waals surface area contributed by atoms with Gasteiger partial charge in [0.05, 0.1) is 0 Å². The number of ether oxygens (including phenoxy) is 1. The summed E-state index contributed by atoms with van der Waals surface area (Å²) in [4.78, 5) is 15.6. The summed E-state index contributed by atoms with van der Waals surface area (Å²) in [6.45, 7) is 3.88. The Morgan fingerprint density at radius 3 is 3.12 bits per heavy atom. The van der Waals surface area contributed by atoms with Gasteiger partial charge in [0.1, 0.15) is 5.82 Å². The fourth-order valence-electron chi connectivity index (χ4n) is 1.27. The molecule has 94 valence electrons. The van der Waals surface area contributed by atoms with Crippen molar-refractivity contribution in [1.29, 1.82) is 0 Å². The smallest absolute Gasteiger partial charge is 0.251 e. The second-order valence-corrected chi connectivity index (χ2v) is 3.38. The molecule has 6 heteroatoms. The van der Waals surface area contributed by atoms with Crippen molar-refractivity contribution in [2.24, 2.45) is 5.84 Å². The SMILES string of the molecule is CCOCCCNC(=O)c1ccnc(NN)c1. The Bertz CT molecular complexity index is 357. The second-order valence-electron chi connectivity index (χ2n) is 3.38. The molecule has 0 saturated heterocycles. The van der Waals surface area contributed by atoms with Crippen LogP contribution >= 0.6 is 0 Å². The standard InChI is InChI=1S/C11H18N4O2/c1-2-17-7-3-5-14-11(16)9-4-6-13-10(8-9)15-12/h4,6,8H,2-3,5,7,12H2,1H3,(H,13,15)(H,14,16). The van der Waals surface area contributed by atoms with Gasteiger partial charge in [0, 0.05) is 31.5 Å². The maximum atomic E-state index is 11.7. The predicted octanol–water partition coefficient (Wildman–Crippen LogP) is 0.524. The first-order valence-corrected chi connectivity index (χ1v) is 5.56. The lowest BCUT2D eigenvalue weighted by molar-refractivity contribution is 0.0944. The summed E-state index contributed by atoms with van der Waals surface area (Å²) < 4.78 is 5.17. The van der Waals surface area contributed by atoms with Crippen LogP contribution in [-0.4, -0.2) is 30.6 Å². The number of carbonyl (C=O) groups excluding carboxylic acids is 1. The van der Waals surface area contributed by atoms with Crippen LogP contribution in [-0.2, 0) is 4.74 Å². The topological polar surface area (TPSA) is 89.3 Å². The number of nitrogens with two attached hydrogens (primary N) is 1. The molecule has 17 heavy (non-hydrogen) atoms. The summed E-state index contributed by atoms with van der Waals surface area (Å²) in [6.07, 6.45) is 2.33. The van der Waals surface area contributed by atoms with Crippen molar-refractivity contribution in [1.82, 2.24) is 10.3 Å². The summed E-state index contributed by atoms with van der Waals surface area (Å²) >= 11 is 0. The van der Waals surface area contributed by atoms with E-state index in [4.69, 9.17) is 10.6 Å². The van der Waals surface area contributed by atoms with E-state index in [1.165, 1.54) is 6.20 Å². The lowest BCUT2D eigenvalue weighted by atomic mass is 10.2. The van der Waals surface area contributed by atoms with Gasteiger partial charge in [0.25, 0.3) is 5.91 Å². The lowest BCUT2D eigenvalue weighted by Gasteiger charge is -2.06. The molecule has 1 heterocycles. The van der Waals surface area contributed by atoms with E-state index in [9.17, 15) is 4.79 Å². The van der Waals surface area contributed by atoms with Gasteiger partial charge in [-0.15, -0.1) is 0 Å².